The summed E-state index contributed by atoms with van der Waals surface area (Å²) in [5, 5.41) is 12.4. The molecule has 1 aromatic heterocycles. The number of nitrogens with one attached hydrogen (secondary N) is 4. The van der Waals surface area contributed by atoms with E-state index in [0.717, 1.165) is 5.56 Å². The van der Waals surface area contributed by atoms with Gasteiger partial charge in [0.1, 0.15) is 5.75 Å². The van der Waals surface area contributed by atoms with Crippen LogP contribution in [0.25, 0.3) is 0 Å². The Kier molecular flexibility index (Phi) is 8.64. The number of rotatable bonds is 10. The summed E-state index contributed by atoms with van der Waals surface area (Å²) in [5.74, 6) is -0.747. The van der Waals surface area contributed by atoms with Crippen molar-refractivity contribution >= 4 is 45.1 Å². The number of nitrogens with zero attached hydrogens (tertiary/aromatic N) is 1. The molecule has 0 aliphatic rings. The van der Waals surface area contributed by atoms with E-state index in [0.29, 0.717) is 27.5 Å². The first-order chi connectivity index (χ1) is 15.9. The summed E-state index contributed by atoms with van der Waals surface area (Å²) in [7, 11) is 0. The van der Waals surface area contributed by atoms with Crippen molar-refractivity contribution in [2.24, 2.45) is 0 Å². The van der Waals surface area contributed by atoms with Crippen LogP contribution in [0, 0.1) is 0 Å². The number of ether oxygens (including phenoxy) is 1. The lowest BCUT2D eigenvalue weighted by atomic mass is 10.2. The summed E-state index contributed by atoms with van der Waals surface area (Å²) < 4.78 is 5.86. The Hall–Kier alpha value is -3.60. The molecule has 3 aromatic rings. The van der Waals surface area contributed by atoms with Gasteiger partial charge in [-0.1, -0.05) is 29.8 Å². The number of hydrazine groups is 2. The zero-order chi connectivity index (χ0) is 23.6. The molecule has 9 nitrogen and oxygen atoms in total. The van der Waals surface area contributed by atoms with Gasteiger partial charge in [-0.2, -0.15) is 5.53 Å². The second-order valence-electron chi connectivity index (χ2n) is 6.49. The molecule has 2 aromatic carbocycles. The summed E-state index contributed by atoms with van der Waals surface area (Å²) in [4.78, 5) is 27.0. The molecule has 0 aliphatic carbocycles. The highest BCUT2D eigenvalue weighted by Crippen LogP contribution is 2.21. The van der Waals surface area contributed by atoms with Crippen LogP contribution < -0.4 is 26.4 Å². The number of carboxylic acid groups (broad SMARTS) is 1. The first-order valence-electron chi connectivity index (χ1n) is 9.54. The minimum atomic E-state index is -1.13. The zero-order valence-corrected chi connectivity index (χ0v) is 19.4. The molecule has 5 N–H and O–H groups in total. The number of carbonyl (C=O) groups excluding carboxylic acids is 1. The van der Waals surface area contributed by atoms with E-state index < -0.39 is 5.97 Å². The lowest BCUT2D eigenvalue weighted by molar-refractivity contribution is -0.116. The van der Waals surface area contributed by atoms with Crippen molar-refractivity contribution in [1.82, 2.24) is 21.3 Å². The maximum atomic E-state index is 12.1. The third kappa shape index (κ3) is 7.79. The smallest absolute Gasteiger partial charge is 0.354 e. The van der Waals surface area contributed by atoms with Crippen LogP contribution in [-0.2, 0) is 11.3 Å². The first-order valence-corrected chi connectivity index (χ1v) is 10.7. The number of aromatic carboxylic acids is 1. The second kappa shape index (κ2) is 11.9. The third-order valence-corrected chi connectivity index (χ3v) is 4.92. The van der Waals surface area contributed by atoms with Gasteiger partial charge in [0, 0.05) is 23.8 Å². The quantitative estimate of drug-likeness (QED) is 0.149. The van der Waals surface area contributed by atoms with Crippen molar-refractivity contribution in [3.63, 3.8) is 0 Å². The van der Waals surface area contributed by atoms with E-state index in [2.05, 4.69) is 42.6 Å². The van der Waals surface area contributed by atoms with Gasteiger partial charge in [0.2, 0.25) is 5.88 Å². The third-order valence-electron chi connectivity index (χ3n) is 4.08. The summed E-state index contributed by atoms with van der Waals surface area (Å²) in [6, 6.07) is 18.6. The molecule has 33 heavy (non-hydrogen) atoms. The molecule has 0 fully saturated rings. The number of amides is 1. The van der Waals surface area contributed by atoms with Gasteiger partial charge in [0.25, 0.3) is 5.91 Å². The van der Waals surface area contributed by atoms with Crippen molar-refractivity contribution in [2.75, 3.05) is 5.43 Å². The average Bonchev–Trinajstić information content (AvgIpc) is 2.82. The summed E-state index contributed by atoms with van der Waals surface area (Å²) in [5.41, 5.74) is 9.92. The van der Waals surface area contributed by atoms with Gasteiger partial charge in [0.05, 0.1) is 10.2 Å². The highest BCUT2D eigenvalue weighted by atomic mass is 79.9. The monoisotopic (exact) mass is 531 g/mol. The predicted octanol–water partition coefficient (Wildman–Crippen LogP) is 4.20. The molecular formula is C22H19BrClN5O4. The van der Waals surface area contributed by atoms with Crippen LogP contribution in [0.15, 0.2) is 77.4 Å². The SMILES string of the molecule is O=C(NCc1ccc(Cl)cc1)/C(Br)=C\NNNc1ccc(Oc2cccc(C(=O)O)n2)cc1. The molecule has 0 bridgehead atoms. The fourth-order valence-electron chi connectivity index (χ4n) is 2.46. The van der Waals surface area contributed by atoms with Crippen molar-refractivity contribution in [2.45, 2.75) is 6.54 Å². The lowest BCUT2D eigenvalue weighted by Crippen LogP contribution is -2.33. The molecule has 0 aliphatic heterocycles. The van der Waals surface area contributed by atoms with Crippen LogP contribution in [0.2, 0.25) is 5.02 Å². The Balaban J connectivity index is 1.42. The van der Waals surface area contributed by atoms with Crippen LogP contribution in [-0.4, -0.2) is 22.0 Å². The number of aromatic nitrogens is 1. The Morgan fingerprint density at radius 1 is 1.06 bits per heavy atom. The van der Waals surface area contributed by atoms with E-state index in [4.69, 9.17) is 21.4 Å². The summed E-state index contributed by atoms with van der Waals surface area (Å²) in [6.07, 6.45) is 1.45. The topological polar surface area (TPSA) is 125 Å². The second-order valence-corrected chi connectivity index (χ2v) is 7.78. The standard InChI is InChI=1S/C22H19BrClN5O4/c23-18(21(30)25-12-14-4-6-15(24)7-5-14)13-26-29-28-16-8-10-17(11-9-16)33-20-3-1-2-19(27-20)22(31)32/h1-11,13,26,28-29H,12H2,(H,25,30)(H,31,32)/b18-13+. The van der Waals surface area contributed by atoms with E-state index in [9.17, 15) is 9.59 Å². The highest BCUT2D eigenvalue weighted by Gasteiger charge is 2.07. The number of halogens is 2. The molecule has 170 valence electrons. The number of hydrogen-bond acceptors (Lipinski definition) is 7. The molecule has 0 saturated heterocycles. The van der Waals surface area contributed by atoms with E-state index in [-0.39, 0.29) is 17.5 Å². The predicted molar refractivity (Wildman–Crippen MR) is 128 cm³/mol. The van der Waals surface area contributed by atoms with Gasteiger partial charge in [-0.15, -0.1) is 0 Å². The molecule has 0 radical (unpaired) electrons. The molecule has 11 heteroatoms. The Morgan fingerprint density at radius 2 is 1.79 bits per heavy atom. The van der Waals surface area contributed by atoms with Gasteiger partial charge in [-0.25, -0.2) is 9.78 Å². The number of anilines is 1. The number of carbonyl (C=O) groups is 2. The molecule has 3 rings (SSSR count). The van der Waals surface area contributed by atoms with Gasteiger partial charge in [0.15, 0.2) is 5.69 Å². The lowest BCUT2D eigenvalue weighted by Gasteiger charge is -2.10. The van der Waals surface area contributed by atoms with Crippen molar-refractivity contribution in [3.05, 3.63) is 93.7 Å². The fraction of sp³-hybridized carbons (Fsp3) is 0.0455. The molecule has 0 atom stereocenters. The van der Waals surface area contributed by atoms with Gasteiger partial charge < -0.3 is 26.0 Å². The number of pyridine rings is 1. The van der Waals surface area contributed by atoms with E-state index in [1.54, 1.807) is 48.5 Å². The van der Waals surface area contributed by atoms with Crippen molar-refractivity contribution in [1.29, 1.82) is 0 Å². The molecule has 1 amide bonds. The van der Waals surface area contributed by atoms with Crippen LogP contribution in [0.3, 0.4) is 0 Å². The van der Waals surface area contributed by atoms with Crippen LogP contribution in [0.4, 0.5) is 5.69 Å². The minimum Gasteiger partial charge on any atom is -0.477 e. The van der Waals surface area contributed by atoms with E-state index in [1.165, 1.54) is 12.3 Å². The van der Waals surface area contributed by atoms with Crippen molar-refractivity contribution < 1.29 is 19.4 Å². The normalized spacial score (nSPS) is 10.9. The van der Waals surface area contributed by atoms with E-state index in [1.807, 2.05) is 12.1 Å². The fourth-order valence-corrected chi connectivity index (χ4v) is 2.84. The Labute approximate surface area is 202 Å². The molecular weight excluding hydrogens is 514 g/mol. The molecule has 0 saturated carbocycles. The van der Waals surface area contributed by atoms with Gasteiger partial charge in [-0.05, 0) is 64.0 Å². The van der Waals surface area contributed by atoms with Gasteiger partial charge in [-0.3, -0.25) is 4.79 Å². The van der Waals surface area contributed by atoms with Crippen LogP contribution >= 0.6 is 27.5 Å². The Morgan fingerprint density at radius 3 is 2.48 bits per heavy atom. The Bertz CT molecular complexity index is 1140. The van der Waals surface area contributed by atoms with Gasteiger partial charge >= 0.3 is 5.97 Å². The minimum absolute atomic E-state index is 0.0982. The largest absolute Gasteiger partial charge is 0.477 e. The summed E-state index contributed by atoms with van der Waals surface area (Å²) in [6.45, 7) is 0.370. The van der Waals surface area contributed by atoms with Crippen LogP contribution in [0.1, 0.15) is 16.1 Å². The number of hydrogen-bond donors (Lipinski definition) is 5. The number of benzene rings is 2. The highest BCUT2D eigenvalue weighted by molar-refractivity contribution is 9.12. The zero-order valence-electron chi connectivity index (χ0n) is 17.0. The van der Waals surface area contributed by atoms with E-state index >= 15 is 0 Å². The average molecular weight is 533 g/mol. The maximum absolute atomic E-state index is 12.1. The van der Waals surface area contributed by atoms with Crippen LogP contribution in [0.5, 0.6) is 11.6 Å². The molecule has 1 heterocycles. The van der Waals surface area contributed by atoms with Crippen molar-refractivity contribution in [3.8, 4) is 11.6 Å². The maximum Gasteiger partial charge on any atom is 0.354 e. The molecule has 0 unspecified atom stereocenters. The molecule has 0 spiro atoms. The first kappa shape index (κ1) is 24.1. The summed E-state index contributed by atoms with van der Waals surface area (Å²) >= 11 is 9.05. The number of carboxylic acids is 1.